The SMILES string of the molecule is COc1ccc(-c2ccc(C(C)C)c(C)c2)c2cn(C)nc12. The van der Waals surface area contributed by atoms with Crippen LogP contribution in [0.5, 0.6) is 5.75 Å². The first-order valence-electron chi connectivity index (χ1n) is 7.62. The second-order valence-electron chi connectivity index (χ2n) is 6.11. The maximum absolute atomic E-state index is 5.43. The van der Waals surface area contributed by atoms with Crippen molar-refractivity contribution in [1.82, 2.24) is 9.78 Å². The third kappa shape index (κ3) is 2.37. The Morgan fingerprint density at radius 2 is 1.91 bits per heavy atom. The Bertz CT molecular complexity index is 831. The number of ether oxygens (including phenoxy) is 1. The molecule has 3 heteroatoms. The van der Waals surface area contributed by atoms with Gasteiger partial charge < -0.3 is 4.74 Å². The predicted octanol–water partition coefficient (Wildman–Crippen LogP) is 4.68. The highest BCUT2D eigenvalue weighted by molar-refractivity contribution is 5.97. The standard InChI is InChI=1S/C19H22N2O/c1-12(2)15-7-6-14(10-13(15)3)16-8-9-18(22-5)19-17(16)11-21(4)20-19/h6-12H,1-5H3. The van der Waals surface area contributed by atoms with Crippen LogP contribution >= 0.6 is 0 Å². The zero-order chi connectivity index (χ0) is 15.9. The van der Waals surface area contributed by atoms with Crippen molar-refractivity contribution in [3.05, 3.63) is 47.7 Å². The summed E-state index contributed by atoms with van der Waals surface area (Å²) in [5.41, 5.74) is 6.07. The highest BCUT2D eigenvalue weighted by Gasteiger charge is 2.13. The second-order valence-corrected chi connectivity index (χ2v) is 6.11. The van der Waals surface area contributed by atoms with Crippen LogP contribution in [-0.2, 0) is 7.05 Å². The van der Waals surface area contributed by atoms with Gasteiger partial charge in [-0.2, -0.15) is 5.10 Å². The van der Waals surface area contributed by atoms with E-state index in [9.17, 15) is 0 Å². The summed E-state index contributed by atoms with van der Waals surface area (Å²) < 4.78 is 7.27. The van der Waals surface area contributed by atoms with Crippen molar-refractivity contribution in [2.75, 3.05) is 7.11 Å². The van der Waals surface area contributed by atoms with E-state index in [1.54, 1.807) is 7.11 Å². The van der Waals surface area contributed by atoms with Crippen LogP contribution in [0, 0.1) is 6.92 Å². The molecule has 1 heterocycles. The molecule has 0 unspecified atom stereocenters. The van der Waals surface area contributed by atoms with Gasteiger partial charge in [-0.3, -0.25) is 4.68 Å². The first kappa shape index (κ1) is 14.6. The normalized spacial score (nSPS) is 11.4. The van der Waals surface area contributed by atoms with E-state index in [1.165, 1.54) is 22.3 Å². The van der Waals surface area contributed by atoms with Crippen molar-refractivity contribution in [2.24, 2.45) is 7.05 Å². The van der Waals surface area contributed by atoms with Gasteiger partial charge >= 0.3 is 0 Å². The summed E-state index contributed by atoms with van der Waals surface area (Å²) in [6.07, 6.45) is 2.05. The van der Waals surface area contributed by atoms with Crippen molar-refractivity contribution in [2.45, 2.75) is 26.7 Å². The second kappa shape index (κ2) is 5.48. The minimum Gasteiger partial charge on any atom is -0.494 e. The lowest BCUT2D eigenvalue weighted by molar-refractivity contribution is 0.418. The van der Waals surface area contributed by atoms with Crippen molar-refractivity contribution in [1.29, 1.82) is 0 Å². The number of hydrogen-bond donors (Lipinski definition) is 0. The fourth-order valence-corrected chi connectivity index (χ4v) is 3.10. The zero-order valence-corrected chi connectivity index (χ0v) is 13.8. The van der Waals surface area contributed by atoms with Crippen LogP contribution in [0.3, 0.4) is 0 Å². The van der Waals surface area contributed by atoms with E-state index >= 15 is 0 Å². The Kier molecular flexibility index (Phi) is 3.65. The van der Waals surface area contributed by atoms with E-state index < -0.39 is 0 Å². The maximum atomic E-state index is 5.43. The highest BCUT2D eigenvalue weighted by Crippen LogP contribution is 2.35. The van der Waals surface area contributed by atoms with Gasteiger partial charge in [0.05, 0.1) is 7.11 Å². The molecule has 2 aromatic carbocycles. The van der Waals surface area contributed by atoms with E-state index in [0.29, 0.717) is 5.92 Å². The molecule has 0 bridgehead atoms. The molecule has 3 rings (SSSR count). The number of aryl methyl sites for hydroxylation is 2. The number of benzene rings is 2. The molecule has 3 aromatic rings. The van der Waals surface area contributed by atoms with Crippen molar-refractivity contribution < 1.29 is 4.74 Å². The van der Waals surface area contributed by atoms with Crippen molar-refractivity contribution >= 4 is 10.9 Å². The lowest BCUT2D eigenvalue weighted by atomic mass is 9.93. The van der Waals surface area contributed by atoms with Gasteiger partial charge in [-0.1, -0.05) is 32.0 Å². The van der Waals surface area contributed by atoms with Gasteiger partial charge in [-0.05, 0) is 47.2 Å². The Hall–Kier alpha value is -2.29. The molecular formula is C19H22N2O. The number of nitrogens with zero attached hydrogens (tertiary/aromatic N) is 2. The summed E-state index contributed by atoms with van der Waals surface area (Å²) in [5, 5.41) is 5.65. The summed E-state index contributed by atoms with van der Waals surface area (Å²) in [6.45, 7) is 6.65. The molecule has 0 amide bonds. The van der Waals surface area contributed by atoms with Gasteiger partial charge in [-0.25, -0.2) is 0 Å². The minimum atomic E-state index is 0.545. The van der Waals surface area contributed by atoms with Crippen LogP contribution in [0.15, 0.2) is 36.5 Å². The van der Waals surface area contributed by atoms with E-state index in [0.717, 1.165) is 16.7 Å². The van der Waals surface area contributed by atoms with E-state index in [1.807, 2.05) is 17.8 Å². The Balaban J connectivity index is 2.20. The predicted molar refractivity (Wildman–Crippen MR) is 91.5 cm³/mol. The minimum absolute atomic E-state index is 0.545. The van der Waals surface area contributed by atoms with Gasteiger partial charge in [0, 0.05) is 18.6 Å². The fourth-order valence-electron chi connectivity index (χ4n) is 3.10. The molecule has 3 nitrogen and oxygen atoms in total. The molecule has 0 aliphatic heterocycles. The number of fused-ring (bicyclic) bond motifs is 1. The molecule has 0 aliphatic carbocycles. The van der Waals surface area contributed by atoms with Gasteiger partial charge in [0.25, 0.3) is 0 Å². The van der Waals surface area contributed by atoms with Gasteiger partial charge in [-0.15, -0.1) is 0 Å². The van der Waals surface area contributed by atoms with Crippen LogP contribution in [0.25, 0.3) is 22.0 Å². The Labute approximate surface area is 131 Å². The van der Waals surface area contributed by atoms with Crippen LogP contribution in [-0.4, -0.2) is 16.9 Å². The molecule has 0 spiro atoms. The van der Waals surface area contributed by atoms with Gasteiger partial charge in [0.15, 0.2) is 0 Å². The third-order valence-corrected chi connectivity index (χ3v) is 4.18. The quantitative estimate of drug-likeness (QED) is 0.701. The van der Waals surface area contributed by atoms with E-state index in [-0.39, 0.29) is 0 Å². The fraction of sp³-hybridized carbons (Fsp3) is 0.316. The molecule has 22 heavy (non-hydrogen) atoms. The van der Waals surface area contributed by atoms with E-state index in [2.05, 4.69) is 56.3 Å². The smallest absolute Gasteiger partial charge is 0.147 e. The monoisotopic (exact) mass is 294 g/mol. The Morgan fingerprint density at radius 3 is 2.55 bits per heavy atom. The summed E-state index contributed by atoms with van der Waals surface area (Å²) in [7, 11) is 3.63. The molecule has 0 aliphatic rings. The molecule has 0 fully saturated rings. The molecule has 0 saturated carbocycles. The molecule has 0 N–H and O–H groups in total. The summed E-state index contributed by atoms with van der Waals surface area (Å²) in [5.74, 6) is 1.36. The van der Waals surface area contributed by atoms with Crippen molar-refractivity contribution in [3.63, 3.8) is 0 Å². The summed E-state index contributed by atoms with van der Waals surface area (Å²) in [6, 6.07) is 10.8. The third-order valence-electron chi connectivity index (χ3n) is 4.18. The number of rotatable bonds is 3. The molecule has 114 valence electrons. The van der Waals surface area contributed by atoms with Crippen LogP contribution < -0.4 is 4.74 Å². The number of aromatic nitrogens is 2. The molecule has 0 radical (unpaired) electrons. The first-order valence-corrected chi connectivity index (χ1v) is 7.62. The zero-order valence-electron chi connectivity index (χ0n) is 13.8. The van der Waals surface area contributed by atoms with Crippen LogP contribution in [0.2, 0.25) is 0 Å². The number of methoxy groups -OCH3 is 1. The Morgan fingerprint density at radius 1 is 1.14 bits per heavy atom. The van der Waals surface area contributed by atoms with Gasteiger partial charge in [0.2, 0.25) is 0 Å². The van der Waals surface area contributed by atoms with Gasteiger partial charge in [0.1, 0.15) is 11.3 Å². The lowest BCUT2D eigenvalue weighted by Gasteiger charge is -2.12. The van der Waals surface area contributed by atoms with Crippen molar-refractivity contribution in [3.8, 4) is 16.9 Å². The maximum Gasteiger partial charge on any atom is 0.147 e. The largest absolute Gasteiger partial charge is 0.494 e. The van der Waals surface area contributed by atoms with Crippen LogP contribution in [0.1, 0.15) is 30.9 Å². The molecule has 1 aromatic heterocycles. The highest BCUT2D eigenvalue weighted by atomic mass is 16.5. The average molecular weight is 294 g/mol. The first-order chi connectivity index (χ1) is 10.5. The number of hydrogen-bond acceptors (Lipinski definition) is 2. The lowest BCUT2D eigenvalue weighted by Crippen LogP contribution is -1.93. The average Bonchev–Trinajstić information content (AvgIpc) is 2.86. The molecule has 0 saturated heterocycles. The van der Waals surface area contributed by atoms with Crippen LogP contribution in [0.4, 0.5) is 0 Å². The topological polar surface area (TPSA) is 27.1 Å². The molecular weight excluding hydrogens is 272 g/mol. The summed E-state index contributed by atoms with van der Waals surface area (Å²) >= 11 is 0. The van der Waals surface area contributed by atoms with E-state index in [4.69, 9.17) is 4.74 Å². The summed E-state index contributed by atoms with van der Waals surface area (Å²) in [4.78, 5) is 0. The molecule has 0 atom stereocenters.